The third kappa shape index (κ3) is 2.58. The van der Waals surface area contributed by atoms with Gasteiger partial charge in [-0.2, -0.15) is 5.26 Å². The molecule has 2 rings (SSSR count). The summed E-state index contributed by atoms with van der Waals surface area (Å²) >= 11 is 0. The summed E-state index contributed by atoms with van der Waals surface area (Å²) in [7, 11) is 0. The summed E-state index contributed by atoms with van der Waals surface area (Å²) in [5.74, 6) is -0.288. The Morgan fingerprint density at radius 2 is 2.00 bits per heavy atom. The average Bonchev–Trinajstić information content (AvgIpc) is 2.72. The molecule has 0 saturated carbocycles. The molecule has 0 aliphatic carbocycles. The Morgan fingerprint density at radius 1 is 1.32 bits per heavy atom. The van der Waals surface area contributed by atoms with Crippen LogP contribution in [-0.2, 0) is 11.2 Å². The highest BCUT2D eigenvalue weighted by Gasteiger charge is 2.38. The molecule has 5 nitrogen and oxygen atoms in total. The number of benzene rings is 1. The fraction of sp³-hybridized carbons (Fsp3) is 0.357. The van der Waals surface area contributed by atoms with Crippen LogP contribution in [0.5, 0.6) is 0 Å². The van der Waals surface area contributed by atoms with Crippen LogP contribution in [0.3, 0.4) is 0 Å². The Hall–Kier alpha value is -2.35. The third-order valence-corrected chi connectivity index (χ3v) is 3.19. The molecule has 1 N–H and O–H groups in total. The maximum absolute atomic E-state index is 12.1. The number of urea groups is 1. The third-order valence-electron chi connectivity index (χ3n) is 3.19. The second-order valence-corrected chi connectivity index (χ2v) is 4.38. The minimum Gasteiger partial charge on any atom is -0.322 e. The van der Waals surface area contributed by atoms with Gasteiger partial charge in [-0.15, -0.1) is 0 Å². The van der Waals surface area contributed by atoms with Crippen molar-refractivity contribution in [2.75, 3.05) is 6.54 Å². The fourth-order valence-electron chi connectivity index (χ4n) is 2.06. The van der Waals surface area contributed by atoms with Crippen LogP contribution in [0.4, 0.5) is 4.79 Å². The highest BCUT2D eigenvalue weighted by atomic mass is 16.2. The zero-order chi connectivity index (χ0) is 13.8. The first kappa shape index (κ1) is 13.1. The van der Waals surface area contributed by atoms with E-state index in [0.29, 0.717) is 0 Å². The zero-order valence-electron chi connectivity index (χ0n) is 10.7. The van der Waals surface area contributed by atoms with Gasteiger partial charge < -0.3 is 5.32 Å². The van der Waals surface area contributed by atoms with Crippen LogP contribution >= 0.6 is 0 Å². The van der Waals surface area contributed by atoms with Crippen LogP contribution in [0.25, 0.3) is 0 Å². The van der Waals surface area contributed by atoms with Crippen molar-refractivity contribution in [2.45, 2.75) is 25.8 Å². The molecule has 0 bridgehead atoms. The van der Waals surface area contributed by atoms with Crippen LogP contribution in [-0.4, -0.2) is 23.4 Å². The molecule has 1 unspecified atom stereocenters. The van der Waals surface area contributed by atoms with Crippen LogP contribution in [0.1, 0.15) is 30.5 Å². The molecule has 1 heterocycles. The monoisotopic (exact) mass is 257 g/mol. The van der Waals surface area contributed by atoms with Crippen LogP contribution in [0.15, 0.2) is 24.3 Å². The fourth-order valence-corrected chi connectivity index (χ4v) is 2.06. The number of hydrogen-bond acceptors (Lipinski definition) is 3. The van der Waals surface area contributed by atoms with Gasteiger partial charge in [0, 0.05) is 6.54 Å². The average molecular weight is 257 g/mol. The molecule has 1 aliphatic heterocycles. The lowest BCUT2D eigenvalue weighted by Crippen LogP contribution is -2.31. The van der Waals surface area contributed by atoms with Crippen molar-refractivity contribution >= 4 is 11.9 Å². The van der Waals surface area contributed by atoms with E-state index in [1.165, 1.54) is 5.56 Å². The van der Waals surface area contributed by atoms with Gasteiger partial charge in [-0.25, -0.2) is 4.79 Å². The van der Waals surface area contributed by atoms with Gasteiger partial charge in [0.25, 0.3) is 5.91 Å². The lowest BCUT2D eigenvalue weighted by atomic mass is 10.0. The number of carbonyl (C=O) groups excluding carboxylic acids is 2. The summed E-state index contributed by atoms with van der Waals surface area (Å²) in [4.78, 5) is 24.9. The molecular formula is C14H15N3O2. The first-order valence-corrected chi connectivity index (χ1v) is 6.25. The van der Waals surface area contributed by atoms with E-state index in [1.807, 2.05) is 30.3 Å². The topological polar surface area (TPSA) is 73.2 Å². The minimum atomic E-state index is -0.628. The molecule has 1 saturated heterocycles. The van der Waals surface area contributed by atoms with Crippen LogP contribution in [0.2, 0.25) is 0 Å². The van der Waals surface area contributed by atoms with E-state index in [1.54, 1.807) is 0 Å². The van der Waals surface area contributed by atoms with Gasteiger partial charge in [0.15, 0.2) is 0 Å². The predicted octanol–water partition coefficient (Wildman–Crippen LogP) is 1.76. The Bertz CT molecular complexity index is 531. The second-order valence-electron chi connectivity index (χ2n) is 4.38. The molecule has 0 radical (unpaired) electrons. The predicted molar refractivity (Wildman–Crippen MR) is 69.0 cm³/mol. The number of amides is 3. The summed E-state index contributed by atoms with van der Waals surface area (Å²) in [6.45, 7) is 2.20. The normalized spacial score (nSPS) is 18.3. The molecule has 0 spiro atoms. The summed E-state index contributed by atoms with van der Waals surface area (Å²) in [5.41, 5.74) is 1.96. The van der Waals surface area contributed by atoms with Crippen molar-refractivity contribution in [3.63, 3.8) is 0 Å². The van der Waals surface area contributed by atoms with Crippen LogP contribution in [0, 0.1) is 11.3 Å². The molecule has 19 heavy (non-hydrogen) atoms. The van der Waals surface area contributed by atoms with Gasteiger partial charge in [0.1, 0.15) is 6.04 Å². The lowest BCUT2D eigenvalue weighted by molar-refractivity contribution is -0.127. The number of nitrogens with zero attached hydrogens (tertiary/aromatic N) is 2. The number of imide groups is 1. The van der Waals surface area contributed by atoms with E-state index in [9.17, 15) is 9.59 Å². The molecule has 1 aromatic carbocycles. The Balaban J connectivity index is 2.15. The van der Waals surface area contributed by atoms with Gasteiger partial charge >= 0.3 is 6.03 Å². The molecule has 1 aromatic rings. The number of hydrogen-bond donors (Lipinski definition) is 1. The van der Waals surface area contributed by atoms with Gasteiger partial charge in [-0.05, 0) is 17.5 Å². The molecule has 3 amide bonds. The standard InChI is InChI=1S/C14H15N3O2/c1-2-10-4-6-11(7-5-10)12-13(18)17(9-3-8-15)14(19)16-12/h4-7,12H,2-3,9H2,1H3,(H,16,19). The van der Waals surface area contributed by atoms with E-state index >= 15 is 0 Å². The lowest BCUT2D eigenvalue weighted by Gasteiger charge is -2.11. The highest BCUT2D eigenvalue weighted by molar-refractivity contribution is 6.04. The molecular weight excluding hydrogens is 242 g/mol. The summed E-state index contributed by atoms with van der Waals surface area (Å²) in [5, 5.41) is 11.2. The first-order chi connectivity index (χ1) is 9.17. The summed E-state index contributed by atoms with van der Waals surface area (Å²) < 4.78 is 0. The van der Waals surface area contributed by atoms with Gasteiger partial charge in [0.2, 0.25) is 0 Å². The van der Waals surface area contributed by atoms with Crippen molar-refractivity contribution in [1.82, 2.24) is 10.2 Å². The number of aryl methyl sites for hydroxylation is 1. The van der Waals surface area contributed by atoms with E-state index in [0.717, 1.165) is 16.9 Å². The largest absolute Gasteiger partial charge is 0.325 e. The van der Waals surface area contributed by atoms with Crippen molar-refractivity contribution in [2.24, 2.45) is 0 Å². The maximum atomic E-state index is 12.1. The minimum absolute atomic E-state index is 0.144. The number of rotatable bonds is 4. The molecule has 0 aromatic heterocycles. The van der Waals surface area contributed by atoms with Gasteiger partial charge in [-0.1, -0.05) is 31.2 Å². The molecule has 1 fully saturated rings. The Kier molecular flexibility index (Phi) is 3.81. The SMILES string of the molecule is CCc1ccc(C2NC(=O)N(CCC#N)C2=O)cc1. The van der Waals surface area contributed by atoms with Gasteiger partial charge in [0.05, 0.1) is 12.5 Å². The van der Waals surface area contributed by atoms with E-state index in [2.05, 4.69) is 12.2 Å². The van der Waals surface area contributed by atoms with Gasteiger partial charge in [-0.3, -0.25) is 9.69 Å². The molecule has 1 aliphatic rings. The number of carbonyl (C=O) groups is 2. The zero-order valence-corrected chi connectivity index (χ0v) is 10.7. The van der Waals surface area contributed by atoms with E-state index in [-0.39, 0.29) is 18.9 Å². The van der Waals surface area contributed by atoms with Crippen LogP contribution < -0.4 is 5.32 Å². The van der Waals surface area contributed by atoms with Crippen molar-refractivity contribution in [1.29, 1.82) is 5.26 Å². The maximum Gasteiger partial charge on any atom is 0.325 e. The summed E-state index contributed by atoms with van der Waals surface area (Å²) in [6.07, 6.45) is 1.08. The quantitative estimate of drug-likeness (QED) is 0.835. The van der Waals surface area contributed by atoms with Crippen molar-refractivity contribution in [3.8, 4) is 6.07 Å². The second kappa shape index (κ2) is 5.53. The molecule has 5 heteroatoms. The molecule has 1 atom stereocenters. The number of nitrogens with one attached hydrogen (secondary N) is 1. The summed E-state index contributed by atoms with van der Waals surface area (Å²) in [6, 6.07) is 8.49. The first-order valence-electron chi connectivity index (χ1n) is 6.25. The van der Waals surface area contributed by atoms with Crippen molar-refractivity contribution in [3.05, 3.63) is 35.4 Å². The highest BCUT2D eigenvalue weighted by Crippen LogP contribution is 2.22. The number of nitriles is 1. The smallest absolute Gasteiger partial charge is 0.322 e. The van der Waals surface area contributed by atoms with E-state index in [4.69, 9.17) is 5.26 Å². The van der Waals surface area contributed by atoms with E-state index < -0.39 is 12.1 Å². The Labute approximate surface area is 111 Å². The Morgan fingerprint density at radius 3 is 2.58 bits per heavy atom. The molecule has 98 valence electrons. The van der Waals surface area contributed by atoms with Crippen molar-refractivity contribution < 1.29 is 9.59 Å².